The molecule has 0 radical (unpaired) electrons. The van der Waals surface area contributed by atoms with E-state index in [1.54, 1.807) is 17.7 Å². The van der Waals surface area contributed by atoms with Gasteiger partial charge in [-0.2, -0.15) is 0 Å². The zero-order chi connectivity index (χ0) is 22.2. The van der Waals surface area contributed by atoms with Crippen LogP contribution in [0.4, 0.5) is 16.3 Å². The van der Waals surface area contributed by atoms with Gasteiger partial charge in [-0.15, -0.1) is 11.3 Å². The summed E-state index contributed by atoms with van der Waals surface area (Å²) in [5, 5.41) is 10.4. The largest absolute Gasteiger partial charge is 0.340 e. The zero-order valence-corrected chi connectivity index (χ0v) is 19.5. The van der Waals surface area contributed by atoms with E-state index in [1.165, 1.54) is 21.8 Å². The monoisotopic (exact) mass is 468 g/mol. The first-order valence-electron chi connectivity index (χ1n) is 10.7. The van der Waals surface area contributed by atoms with Crippen LogP contribution in [0.3, 0.4) is 0 Å². The topological polar surface area (TPSA) is 112 Å². The fourth-order valence-corrected chi connectivity index (χ4v) is 6.23. The smallest absolute Gasteiger partial charge is 0.314 e. The Morgan fingerprint density at radius 3 is 3.00 bits per heavy atom. The molecule has 1 aromatic carbocycles. The number of benzene rings is 1. The molecule has 0 saturated heterocycles. The predicted octanol–water partition coefficient (Wildman–Crippen LogP) is 4.15. The maximum Gasteiger partial charge on any atom is 0.314 e. The van der Waals surface area contributed by atoms with Gasteiger partial charge in [0.1, 0.15) is 17.0 Å². The summed E-state index contributed by atoms with van der Waals surface area (Å²) >= 11 is 2.91. The average Bonchev–Trinajstić information content (AvgIpc) is 3.30. The summed E-state index contributed by atoms with van der Waals surface area (Å²) in [6.45, 7) is 4.57. The van der Waals surface area contributed by atoms with Crippen molar-refractivity contribution in [1.82, 2.24) is 25.6 Å². The van der Waals surface area contributed by atoms with Crippen LogP contribution in [0.5, 0.6) is 0 Å². The molecule has 5 rings (SSSR count). The number of aryl methyl sites for hydroxylation is 1. The van der Waals surface area contributed by atoms with Gasteiger partial charge < -0.3 is 20.9 Å². The Labute approximate surface area is 192 Å². The van der Waals surface area contributed by atoms with E-state index in [0.29, 0.717) is 12.5 Å². The molecule has 1 aliphatic carbocycles. The Kier molecular flexibility index (Phi) is 5.56. The van der Waals surface area contributed by atoms with Crippen molar-refractivity contribution in [2.24, 2.45) is 5.92 Å². The number of carbonyl (C=O) groups excluding carboxylic acids is 1. The van der Waals surface area contributed by atoms with Crippen molar-refractivity contribution in [1.29, 1.82) is 0 Å². The molecule has 10 heteroatoms. The maximum atomic E-state index is 11.9. The Bertz CT molecular complexity index is 1360. The summed E-state index contributed by atoms with van der Waals surface area (Å²) in [5.41, 5.74) is 3.04. The van der Waals surface area contributed by atoms with E-state index in [2.05, 4.69) is 30.9 Å². The number of aromatic nitrogens is 3. The van der Waals surface area contributed by atoms with Gasteiger partial charge in [-0.05, 0) is 62.8 Å². The number of amides is 2. The molecule has 4 aromatic rings. The average molecular weight is 469 g/mol. The second-order valence-electron chi connectivity index (χ2n) is 8.37. The Hall–Kier alpha value is -2.98. The van der Waals surface area contributed by atoms with Crippen molar-refractivity contribution in [3.05, 3.63) is 44.6 Å². The van der Waals surface area contributed by atoms with Gasteiger partial charge in [0.05, 0.1) is 15.6 Å². The van der Waals surface area contributed by atoms with Crippen molar-refractivity contribution < 1.29 is 4.79 Å². The summed E-state index contributed by atoms with van der Waals surface area (Å²) in [6, 6.07) is 5.84. The lowest BCUT2D eigenvalue weighted by molar-refractivity contribution is 0.236. The number of nitrogens with one attached hydrogen (secondary N) is 4. The van der Waals surface area contributed by atoms with Crippen LogP contribution in [0.1, 0.15) is 30.7 Å². The summed E-state index contributed by atoms with van der Waals surface area (Å²) < 4.78 is 0.912. The van der Waals surface area contributed by atoms with Gasteiger partial charge in [-0.3, -0.25) is 4.79 Å². The van der Waals surface area contributed by atoms with E-state index < -0.39 is 0 Å². The lowest BCUT2D eigenvalue weighted by Crippen LogP contribution is -2.42. The fourth-order valence-electron chi connectivity index (χ4n) is 4.16. The van der Waals surface area contributed by atoms with Crippen molar-refractivity contribution >= 4 is 60.6 Å². The third kappa shape index (κ3) is 4.20. The summed E-state index contributed by atoms with van der Waals surface area (Å²) in [6.07, 6.45) is 4.47. The Morgan fingerprint density at radius 1 is 1.28 bits per heavy atom. The van der Waals surface area contributed by atoms with Gasteiger partial charge >= 0.3 is 10.9 Å². The first-order chi connectivity index (χ1) is 15.5. The number of hydrogen-bond acceptors (Lipinski definition) is 7. The van der Waals surface area contributed by atoms with E-state index in [4.69, 9.17) is 0 Å². The van der Waals surface area contributed by atoms with Gasteiger partial charge in [-0.25, -0.2) is 14.8 Å². The van der Waals surface area contributed by atoms with Gasteiger partial charge in [0.15, 0.2) is 0 Å². The molecule has 32 heavy (non-hydrogen) atoms. The highest BCUT2D eigenvalue weighted by molar-refractivity contribution is 7.19. The summed E-state index contributed by atoms with van der Waals surface area (Å²) in [4.78, 5) is 37.6. The highest BCUT2D eigenvalue weighted by Gasteiger charge is 2.25. The van der Waals surface area contributed by atoms with Crippen LogP contribution in [0, 0.1) is 5.92 Å². The molecule has 166 valence electrons. The number of hydrogen-bond donors (Lipinski definition) is 4. The van der Waals surface area contributed by atoms with E-state index in [0.717, 1.165) is 51.2 Å². The van der Waals surface area contributed by atoms with Crippen LogP contribution in [-0.4, -0.2) is 33.6 Å². The quantitative estimate of drug-likeness (QED) is 0.352. The number of fused-ring (bicyclic) bond motifs is 4. The highest BCUT2D eigenvalue weighted by atomic mass is 32.1. The van der Waals surface area contributed by atoms with E-state index in [9.17, 15) is 9.59 Å². The molecule has 0 spiro atoms. The molecule has 4 N–H and O–H groups in total. The number of thiophene rings is 1. The molecule has 3 heterocycles. The van der Waals surface area contributed by atoms with Crippen molar-refractivity contribution in [2.75, 3.05) is 11.9 Å². The Morgan fingerprint density at radius 2 is 2.16 bits per heavy atom. The van der Waals surface area contributed by atoms with Gasteiger partial charge in [0.25, 0.3) is 0 Å². The third-order valence-corrected chi connectivity index (χ3v) is 7.61. The molecule has 3 aromatic heterocycles. The minimum Gasteiger partial charge on any atom is -0.340 e. The van der Waals surface area contributed by atoms with Crippen LogP contribution in [0.15, 0.2) is 29.3 Å². The van der Waals surface area contributed by atoms with Crippen molar-refractivity contribution in [3.63, 3.8) is 0 Å². The minimum atomic E-state index is -0.107. The molecule has 0 saturated carbocycles. The van der Waals surface area contributed by atoms with E-state index >= 15 is 0 Å². The second-order valence-corrected chi connectivity index (χ2v) is 10.5. The maximum absolute atomic E-state index is 11.9. The molecular weight excluding hydrogens is 444 g/mol. The van der Waals surface area contributed by atoms with Crippen LogP contribution in [0.2, 0.25) is 0 Å². The number of rotatable bonds is 5. The first kappa shape index (κ1) is 20.9. The lowest BCUT2D eigenvalue weighted by atomic mass is 9.88. The number of anilines is 2. The molecule has 0 fully saturated rings. The number of urea groups is 1. The van der Waals surface area contributed by atoms with Gasteiger partial charge in [-0.1, -0.05) is 11.3 Å². The summed E-state index contributed by atoms with van der Waals surface area (Å²) in [7, 11) is 0. The first-order valence-corrected chi connectivity index (χ1v) is 12.3. The van der Waals surface area contributed by atoms with Gasteiger partial charge in [0.2, 0.25) is 0 Å². The van der Waals surface area contributed by atoms with Crippen LogP contribution in [0.25, 0.3) is 20.4 Å². The lowest BCUT2D eigenvalue weighted by Gasteiger charge is -2.23. The molecule has 2 amide bonds. The SMILES string of the molecule is CC(C)NC(=O)NC[C@@H]1CCc2c(sc3ncnc(Nc4ccc5[nH]c(=O)sc5c4)c23)C1. The van der Waals surface area contributed by atoms with Crippen molar-refractivity contribution in [3.8, 4) is 0 Å². The minimum absolute atomic E-state index is 0.0563. The molecule has 8 nitrogen and oxygen atoms in total. The third-order valence-electron chi connectivity index (χ3n) is 5.60. The fraction of sp³-hybridized carbons (Fsp3) is 0.364. The van der Waals surface area contributed by atoms with Gasteiger partial charge in [0, 0.05) is 23.2 Å². The molecule has 0 bridgehead atoms. The number of aromatic amines is 1. The molecule has 0 unspecified atom stereocenters. The van der Waals surface area contributed by atoms with E-state index in [-0.39, 0.29) is 16.9 Å². The zero-order valence-electron chi connectivity index (χ0n) is 17.8. The second kappa shape index (κ2) is 8.51. The number of carbonyl (C=O) groups is 1. The Balaban J connectivity index is 1.37. The predicted molar refractivity (Wildman–Crippen MR) is 130 cm³/mol. The van der Waals surface area contributed by atoms with Crippen LogP contribution < -0.4 is 20.8 Å². The number of thiazole rings is 1. The summed E-state index contributed by atoms with van der Waals surface area (Å²) in [5.74, 6) is 1.21. The molecule has 0 aliphatic heterocycles. The highest BCUT2D eigenvalue weighted by Crippen LogP contribution is 2.40. The van der Waals surface area contributed by atoms with Crippen LogP contribution >= 0.6 is 22.7 Å². The van der Waals surface area contributed by atoms with Crippen LogP contribution in [-0.2, 0) is 12.8 Å². The molecule has 1 atom stereocenters. The van der Waals surface area contributed by atoms with E-state index in [1.807, 2.05) is 32.0 Å². The van der Waals surface area contributed by atoms with Crippen molar-refractivity contribution in [2.45, 2.75) is 39.2 Å². The molecular formula is C22H24N6O2S2. The standard InChI is InChI=1S/C22H24N6O2S2/c1-11(2)26-21(29)23-9-12-3-5-14-16(7-12)31-20-18(14)19(24-10-25-20)27-13-4-6-15-17(8-13)32-22(30)28-15/h4,6,8,10-12H,3,5,7,9H2,1-2H3,(H,28,30)(H2,23,26,29)(H,24,25,27)/t12-/m1/s1. The molecule has 1 aliphatic rings. The number of nitrogens with zero attached hydrogens (tertiary/aromatic N) is 2. The normalized spacial score (nSPS) is 15.8. The number of H-pyrrole nitrogens is 1.